The molecule has 1 N–H and O–H groups in total. The number of piperidine rings is 1. The first-order valence-corrected chi connectivity index (χ1v) is 7.26. The third-order valence-corrected chi connectivity index (χ3v) is 4.48. The van der Waals surface area contributed by atoms with E-state index in [-0.39, 0.29) is 0 Å². The topological polar surface area (TPSA) is 24.5 Å². The van der Waals surface area contributed by atoms with E-state index in [0.29, 0.717) is 0 Å². The molecular weight excluding hydrogens is 212 g/mol. The maximum Gasteiger partial charge on any atom is 0.0507 e. The fourth-order valence-corrected chi connectivity index (χ4v) is 2.84. The highest BCUT2D eigenvalue weighted by molar-refractivity contribution is 4.76. The lowest BCUT2D eigenvalue weighted by atomic mass is 9.89. The van der Waals surface area contributed by atoms with Crippen LogP contribution in [0.25, 0.3) is 0 Å². The van der Waals surface area contributed by atoms with Crippen LogP contribution < -0.4 is 5.32 Å². The van der Waals surface area contributed by atoms with Crippen molar-refractivity contribution in [1.82, 2.24) is 10.2 Å². The van der Waals surface area contributed by atoms with Crippen LogP contribution in [0.2, 0.25) is 0 Å². The van der Waals surface area contributed by atoms with E-state index in [4.69, 9.17) is 4.74 Å². The normalized spacial score (nSPS) is 35.3. The van der Waals surface area contributed by atoms with Crippen LogP contribution in [0, 0.1) is 17.8 Å². The molecule has 0 aliphatic carbocycles. The molecule has 3 atom stereocenters. The number of rotatable bonds is 5. The lowest BCUT2D eigenvalue weighted by Crippen LogP contribution is -2.42. The predicted molar refractivity (Wildman–Crippen MR) is 71.2 cm³/mol. The number of likely N-dealkylation sites (tertiary alicyclic amines) is 1. The summed E-state index contributed by atoms with van der Waals surface area (Å²) in [4.78, 5) is 2.61. The molecule has 2 saturated heterocycles. The van der Waals surface area contributed by atoms with Gasteiger partial charge >= 0.3 is 0 Å². The zero-order chi connectivity index (χ0) is 12.1. The highest BCUT2D eigenvalue weighted by Crippen LogP contribution is 2.21. The Morgan fingerprint density at radius 2 is 2.12 bits per heavy atom. The van der Waals surface area contributed by atoms with Gasteiger partial charge in [-0.2, -0.15) is 0 Å². The van der Waals surface area contributed by atoms with E-state index in [2.05, 4.69) is 24.1 Å². The van der Waals surface area contributed by atoms with Crippen LogP contribution in [-0.4, -0.2) is 50.8 Å². The van der Waals surface area contributed by atoms with E-state index in [1.807, 2.05) is 0 Å². The second kappa shape index (κ2) is 6.72. The maximum atomic E-state index is 5.38. The molecule has 2 rings (SSSR count). The van der Waals surface area contributed by atoms with Crippen molar-refractivity contribution in [3.63, 3.8) is 0 Å². The predicted octanol–water partition coefficient (Wildman–Crippen LogP) is 1.59. The molecule has 0 aromatic heterocycles. The van der Waals surface area contributed by atoms with E-state index in [1.54, 1.807) is 0 Å². The van der Waals surface area contributed by atoms with Gasteiger partial charge in [0.05, 0.1) is 6.61 Å². The highest BCUT2D eigenvalue weighted by atomic mass is 16.5. The fourth-order valence-electron chi connectivity index (χ4n) is 2.84. The monoisotopic (exact) mass is 240 g/mol. The molecule has 100 valence electrons. The molecule has 0 radical (unpaired) electrons. The molecule has 0 amide bonds. The summed E-state index contributed by atoms with van der Waals surface area (Å²) >= 11 is 0. The Morgan fingerprint density at radius 3 is 2.82 bits per heavy atom. The van der Waals surface area contributed by atoms with Crippen LogP contribution >= 0.6 is 0 Å². The molecule has 3 nitrogen and oxygen atoms in total. The Morgan fingerprint density at radius 1 is 1.24 bits per heavy atom. The summed E-state index contributed by atoms with van der Waals surface area (Å²) in [5.41, 5.74) is 0. The van der Waals surface area contributed by atoms with Gasteiger partial charge < -0.3 is 15.0 Å². The van der Waals surface area contributed by atoms with Gasteiger partial charge in [0.2, 0.25) is 0 Å². The molecule has 3 unspecified atom stereocenters. The molecule has 3 heteroatoms. The largest absolute Gasteiger partial charge is 0.381 e. The van der Waals surface area contributed by atoms with Crippen molar-refractivity contribution < 1.29 is 4.74 Å². The average Bonchev–Trinajstić information content (AvgIpc) is 2.82. The SMILES string of the molecule is CC1CCN(CCNCC2CCOC2)CC1C. The van der Waals surface area contributed by atoms with E-state index in [0.717, 1.165) is 44.1 Å². The van der Waals surface area contributed by atoms with Crippen LogP contribution in [0.1, 0.15) is 26.7 Å². The van der Waals surface area contributed by atoms with Crippen molar-refractivity contribution in [3.05, 3.63) is 0 Å². The van der Waals surface area contributed by atoms with E-state index in [9.17, 15) is 0 Å². The third kappa shape index (κ3) is 4.23. The zero-order valence-electron chi connectivity index (χ0n) is 11.5. The summed E-state index contributed by atoms with van der Waals surface area (Å²) < 4.78 is 5.38. The van der Waals surface area contributed by atoms with Gasteiger partial charge in [-0.15, -0.1) is 0 Å². The van der Waals surface area contributed by atoms with Gasteiger partial charge in [-0.25, -0.2) is 0 Å². The first-order valence-electron chi connectivity index (χ1n) is 7.26. The second-order valence-corrected chi connectivity index (χ2v) is 5.98. The van der Waals surface area contributed by atoms with E-state index in [1.165, 1.54) is 32.5 Å². The molecule has 0 aromatic carbocycles. The molecule has 17 heavy (non-hydrogen) atoms. The van der Waals surface area contributed by atoms with Crippen molar-refractivity contribution in [2.45, 2.75) is 26.7 Å². The first-order chi connectivity index (χ1) is 8.25. The summed E-state index contributed by atoms with van der Waals surface area (Å²) in [7, 11) is 0. The summed E-state index contributed by atoms with van der Waals surface area (Å²) in [6, 6.07) is 0. The van der Waals surface area contributed by atoms with Crippen molar-refractivity contribution in [1.29, 1.82) is 0 Å². The molecule has 2 aliphatic rings. The Hall–Kier alpha value is -0.120. The summed E-state index contributed by atoms with van der Waals surface area (Å²) in [6.45, 7) is 12.8. The van der Waals surface area contributed by atoms with Gasteiger partial charge in [0, 0.05) is 32.8 Å². The summed E-state index contributed by atoms with van der Waals surface area (Å²) in [6.07, 6.45) is 2.61. The van der Waals surface area contributed by atoms with Gasteiger partial charge in [-0.05, 0) is 37.1 Å². The van der Waals surface area contributed by atoms with Crippen molar-refractivity contribution in [2.75, 3.05) is 45.9 Å². The smallest absolute Gasteiger partial charge is 0.0507 e. The number of ether oxygens (including phenoxy) is 1. The fraction of sp³-hybridized carbons (Fsp3) is 1.00. The zero-order valence-corrected chi connectivity index (χ0v) is 11.5. The number of nitrogens with one attached hydrogen (secondary N) is 1. The van der Waals surface area contributed by atoms with Gasteiger partial charge in [0.25, 0.3) is 0 Å². The van der Waals surface area contributed by atoms with Crippen LogP contribution in [0.5, 0.6) is 0 Å². The molecule has 0 bridgehead atoms. The summed E-state index contributed by atoms with van der Waals surface area (Å²) in [5, 5.41) is 3.58. The average molecular weight is 240 g/mol. The summed E-state index contributed by atoms with van der Waals surface area (Å²) in [5.74, 6) is 2.54. The first kappa shape index (κ1) is 13.3. The van der Waals surface area contributed by atoms with Crippen molar-refractivity contribution in [2.24, 2.45) is 17.8 Å². The number of hydrogen-bond acceptors (Lipinski definition) is 3. The van der Waals surface area contributed by atoms with Crippen LogP contribution in [0.3, 0.4) is 0 Å². The van der Waals surface area contributed by atoms with E-state index >= 15 is 0 Å². The van der Waals surface area contributed by atoms with Gasteiger partial charge in [-0.1, -0.05) is 13.8 Å². The molecule has 0 saturated carbocycles. The lowest BCUT2D eigenvalue weighted by Gasteiger charge is -2.35. The Labute approximate surface area is 106 Å². The Bertz CT molecular complexity index is 216. The van der Waals surface area contributed by atoms with Gasteiger partial charge in [0.1, 0.15) is 0 Å². The van der Waals surface area contributed by atoms with Crippen LogP contribution in [-0.2, 0) is 4.74 Å². The van der Waals surface area contributed by atoms with Crippen LogP contribution in [0.15, 0.2) is 0 Å². The van der Waals surface area contributed by atoms with Gasteiger partial charge in [0.15, 0.2) is 0 Å². The quantitative estimate of drug-likeness (QED) is 0.739. The maximum absolute atomic E-state index is 5.38. The third-order valence-electron chi connectivity index (χ3n) is 4.48. The van der Waals surface area contributed by atoms with Gasteiger partial charge in [-0.3, -0.25) is 0 Å². The number of hydrogen-bond donors (Lipinski definition) is 1. The Balaban J connectivity index is 1.53. The minimum atomic E-state index is 0.760. The van der Waals surface area contributed by atoms with Crippen molar-refractivity contribution in [3.8, 4) is 0 Å². The lowest BCUT2D eigenvalue weighted by molar-refractivity contribution is 0.138. The molecule has 0 spiro atoms. The molecule has 0 aromatic rings. The molecule has 2 fully saturated rings. The second-order valence-electron chi connectivity index (χ2n) is 5.98. The number of nitrogens with zero attached hydrogens (tertiary/aromatic N) is 1. The van der Waals surface area contributed by atoms with Crippen molar-refractivity contribution >= 4 is 0 Å². The minimum Gasteiger partial charge on any atom is -0.381 e. The minimum absolute atomic E-state index is 0.760. The Kier molecular flexibility index (Phi) is 5.26. The van der Waals surface area contributed by atoms with E-state index < -0.39 is 0 Å². The molecular formula is C14H28N2O. The highest BCUT2D eigenvalue weighted by Gasteiger charge is 2.22. The molecule has 2 aliphatic heterocycles. The molecule has 2 heterocycles. The standard InChI is InChI=1S/C14H28N2O/c1-12-3-6-16(10-13(12)2)7-5-15-9-14-4-8-17-11-14/h12-15H,3-11H2,1-2H3. The van der Waals surface area contributed by atoms with Crippen LogP contribution in [0.4, 0.5) is 0 Å².